The van der Waals surface area contributed by atoms with Crippen LogP contribution in [0.25, 0.3) is 0 Å². The molecule has 116 valence electrons. The van der Waals surface area contributed by atoms with Gasteiger partial charge in [-0.1, -0.05) is 78.9 Å². The molecule has 0 saturated carbocycles. The maximum Gasteiger partial charge on any atom is 0.306 e. The highest BCUT2D eigenvalue weighted by Gasteiger charge is 2.27. The first-order chi connectivity index (χ1) is 11.3. The van der Waals surface area contributed by atoms with Gasteiger partial charge in [0.15, 0.2) is 0 Å². The molecule has 0 N–H and O–H groups in total. The van der Waals surface area contributed by atoms with Gasteiger partial charge in [-0.05, 0) is 23.8 Å². The van der Waals surface area contributed by atoms with Gasteiger partial charge in [0.1, 0.15) is 0 Å². The summed E-state index contributed by atoms with van der Waals surface area (Å²) in [4.78, 5) is 11.7. The molecule has 2 nitrogen and oxygen atoms in total. The monoisotopic (exact) mass is 322 g/mol. The maximum atomic E-state index is 11.7. The van der Waals surface area contributed by atoms with E-state index in [2.05, 4.69) is 66.8 Å². The topological polar surface area (TPSA) is 26.3 Å². The van der Waals surface area contributed by atoms with Crippen LogP contribution in [0.4, 0.5) is 0 Å². The van der Waals surface area contributed by atoms with E-state index in [0.29, 0.717) is 6.42 Å². The zero-order valence-corrected chi connectivity index (χ0v) is 13.9. The second-order valence-corrected chi connectivity index (χ2v) is 7.59. The van der Waals surface area contributed by atoms with Crippen molar-refractivity contribution in [1.29, 1.82) is 0 Å². The molecule has 1 unspecified atom stereocenters. The summed E-state index contributed by atoms with van der Waals surface area (Å²) < 4.78 is 4.86. The molecule has 0 aliphatic heterocycles. The molecule has 0 aromatic heterocycles. The number of carbonyl (C=O) groups is 1. The Balaban J connectivity index is 1.98. The van der Waals surface area contributed by atoms with Gasteiger partial charge in [0.05, 0.1) is 13.5 Å². The van der Waals surface area contributed by atoms with Gasteiger partial charge in [0.2, 0.25) is 0 Å². The van der Waals surface area contributed by atoms with Gasteiger partial charge in [-0.25, -0.2) is 0 Å². The van der Waals surface area contributed by atoms with Crippen LogP contribution in [0.1, 0.15) is 6.42 Å². The lowest BCUT2D eigenvalue weighted by Gasteiger charge is -2.24. The van der Waals surface area contributed by atoms with E-state index in [1.54, 1.807) is 0 Å². The van der Waals surface area contributed by atoms with Crippen LogP contribution < -0.4 is 10.6 Å². The van der Waals surface area contributed by atoms with Crippen LogP contribution in [-0.4, -0.2) is 13.1 Å². The summed E-state index contributed by atoms with van der Waals surface area (Å²) in [7, 11) is 0.810. The van der Waals surface area contributed by atoms with E-state index < -0.39 is 7.92 Å². The van der Waals surface area contributed by atoms with Gasteiger partial charge in [0, 0.05) is 5.92 Å². The first-order valence-electron chi connectivity index (χ1n) is 7.65. The average molecular weight is 322 g/mol. The normalized spacial score (nSPS) is 16.4. The van der Waals surface area contributed by atoms with Crippen LogP contribution >= 0.6 is 7.92 Å². The number of ether oxygens (including phenoxy) is 1. The van der Waals surface area contributed by atoms with Crippen molar-refractivity contribution in [3.63, 3.8) is 0 Å². The van der Waals surface area contributed by atoms with Crippen molar-refractivity contribution < 1.29 is 9.53 Å². The van der Waals surface area contributed by atoms with Crippen molar-refractivity contribution >= 4 is 24.5 Å². The predicted molar refractivity (Wildman–Crippen MR) is 96.4 cm³/mol. The van der Waals surface area contributed by atoms with Crippen molar-refractivity contribution in [1.82, 2.24) is 0 Å². The second-order valence-electron chi connectivity index (χ2n) is 5.37. The summed E-state index contributed by atoms with van der Waals surface area (Å²) in [5.41, 5.74) is 0. The minimum atomic E-state index is -0.636. The summed E-state index contributed by atoms with van der Waals surface area (Å²) in [6, 6.07) is 21.1. The van der Waals surface area contributed by atoms with E-state index in [1.807, 2.05) is 12.1 Å². The number of allylic oxidation sites excluding steroid dienone is 4. The first-order valence-corrected chi connectivity index (χ1v) is 8.99. The Morgan fingerprint density at radius 1 is 1.00 bits per heavy atom. The lowest BCUT2D eigenvalue weighted by molar-refractivity contribution is -0.141. The summed E-state index contributed by atoms with van der Waals surface area (Å²) in [6.45, 7) is 0. The van der Waals surface area contributed by atoms with Crippen molar-refractivity contribution in [2.45, 2.75) is 6.42 Å². The maximum absolute atomic E-state index is 11.7. The fourth-order valence-electron chi connectivity index (χ4n) is 2.79. The molecule has 0 amide bonds. The van der Waals surface area contributed by atoms with Crippen LogP contribution in [0.2, 0.25) is 0 Å². The minimum Gasteiger partial charge on any atom is -0.469 e. The number of rotatable bonds is 5. The van der Waals surface area contributed by atoms with E-state index in [0.717, 1.165) is 0 Å². The number of carbonyl (C=O) groups excluding carboxylic acids is 1. The van der Waals surface area contributed by atoms with Crippen LogP contribution in [0.5, 0.6) is 0 Å². The SMILES string of the molecule is COC(=O)CC1C=CC=C1P(c1ccccc1)c1ccccc1. The Kier molecular flexibility index (Phi) is 5.05. The lowest BCUT2D eigenvalue weighted by Crippen LogP contribution is -2.17. The molecule has 3 heteroatoms. The molecule has 0 radical (unpaired) electrons. The second kappa shape index (κ2) is 7.39. The zero-order chi connectivity index (χ0) is 16.1. The molecule has 0 spiro atoms. The number of hydrogen-bond donors (Lipinski definition) is 0. The van der Waals surface area contributed by atoms with Crippen LogP contribution in [0, 0.1) is 5.92 Å². The molecule has 23 heavy (non-hydrogen) atoms. The molecular formula is C20H19O2P. The minimum absolute atomic E-state index is 0.119. The van der Waals surface area contributed by atoms with Gasteiger partial charge in [-0.3, -0.25) is 4.79 Å². The molecule has 0 fully saturated rings. The van der Waals surface area contributed by atoms with E-state index in [1.165, 1.54) is 23.0 Å². The Bertz CT molecular complexity index is 680. The summed E-state index contributed by atoms with van der Waals surface area (Å²) >= 11 is 0. The third kappa shape index (κ3) is 3.60. The molecule has 0 bridgehead atoms. The largest absolute Gasteiger partial charge is 0.469 e. The first kappa shape index (κ1) is 15.7. The van der Waals surface area contributed by atoms with Gasteiger partial charge in [-0.15, -0.1) is 0 Å². The van der Waals surface area contributed by atoms with Gasteiger partial charge in [-0.2, -0.15) is 0 Å². The molecule has 2 aromatic rings. The highest BCUT2D eigenvalue weighted by atomic mass is 31.1. The Morgan fingerprint density at radius 3 is 2.09 bits per heavy atom. The van der Waals surface area contributed by atoms with Crippen LogP contribution in [0.3, 0.4) is 0 Å². The summed E-state index contributed by atoms with van der Waals surface area (Å²) in [5.74, 6) is -0.0440. The fraction of sp³-hybridized carbons (Fsp3) is 0.150. The molecular weight excluding hydrogens is 303 g/mol. The predicted octanol–water partition coefficient (Wildman–Crippen LogP) is 3.75. The summed E-state index contributed by atoms with van der Waals surface area (Å²) in [6.07, 6.45) is 6.73. The Labute approximate surface area is 138 Å². The Hall–Kier alpha value is -2.18. The van der Waals surface area contributed by atoms with E-state index >= 15 is 0 Å². The summed E-state index contributed by atoms with van der Waals surface area (Å²) in [5, 5.41) is 3.92. The van der Waals surface area contributed by atoms with Crippen LogP contribution in [0.15, 0.2) is 84.2 Å². The molecule has 0 heterocycles. The third-order valence-corrected chi connectivity index (χ3v) is 6.52. The van der Waals surface area contributed by atoms with Crippen molar-refractivity contribution in [2.75, 3.05) is 7.11 Å². The van der Waals surface area contributed by atoms with Crippen molar-refractivity contribution in [3.8, 4) is 0 Å². The molecule has 2 aromatic carbocycles. The molecule has 1 aliphatic carbocycles. The average Bonchev–Trinajstić information content (AvgIpc) is 3.05. The van der Waals surface area contributed by atoms with Gasteiger partial charge >= 0.3 is 5.97 Å². The van der Waals surface area contributed by atoms with Gasteiger partial charge < -0.3 is 4.74 Å². The number of hydrogen-bond acceptors (Lipinski definition) is 2. The lowest BCUT2D eigenvalue weighted by atomic mass is 10.1. The molecule has 3 rings (SSSR count). The van der Waals surface area contributed by atoms with Gasteiger partial charge in [0.25, 0.3) is 0 Å². The van der Waals surface area contributed by atoms with E-state index in [9.17, 15) is 4.79 Å². The number of esters is 1. The standard InChI is InChI=1S/C20H19O2P/c1-22-20(21)15-16-9-8-14-19(16)23(17-10-4-2-5-11-17)18-12-6-3-7-13-18/h2-14,16H,15H2,1H3. The third-order valence-electron chi connectivity index (χ3n) is 3.89. The zero-order valence-electron chi connectivity index (χ0n) is 13.1. The highest BCUT2D eigenvalue weighted by molar-refractivity contribution is 7.76. The number of methoxy groups -OCH3 is 1. The Morgan fingerprint density at radius 2 is 1.57 bits per heavy atom. The number of benzene rings is 2. The molecule has 0 saturated heterocycles. The van der Waals surface area contributed by atoms with E-state index in [-0.39, 0.29) is 11.9 Å². The smallest absolute Gasteiger partial charge is 0.306 e. The fourth-order valence-corrected chi connectivity index (χ4v) is 5.37. The van der Waals surface area contributed by atoms with Crippen molar-refractivity contribution in [2.24, 2.45) is 5.92 Å². The quantitative estimate of drug-likeness (QED) is 0.619. The highest BCUT2D eigenvalue weighted by Crippen LogP contribution is 2.49. The van der Waals surface area contributed by atoms with Crippen molar-refractivity contribution in [3.05, 3.63) is 84.2 Å². The van der Waals surface area contributed by atoms with E-state index in [4.69, 9.17) is 4.74 Å². The van der Waals surface area contributed by atoms with Crippen LogP contribution in [-0.2, 0) is 9.53 Å². The molecule has 1 aliphatic rings. The molecule has 1 atom stereocenters.